The highest BCUT2D eigenvalue weighted by atomic mass is 16.2. The molecule has 0 aliphatic carbocycles. The van der Waals surface area contributed by atoms with Gasteiger partial charge in [0.2, 0.25) is 5.91 Å². The minimum atomic E-state index is -0.363. The van der Waals surface area contributed by atoms with Crippen molar-refractivity contribution >= 4 is 5.91 Å². The Labute approximate surface area is 97.8 Å². The van der Waals surface area contributed by atoms with Gasteiger partial charge in [-0.3, -0.25) is 9.69 Å². The summed E-state index contributed by atoms with van der Waals surface area (Å²) in [7, 11) is 0. The molecule has 0 saturated carbocycles. The maximum absolute atomic E-state index is 12.0. The number of hydrogen-bond acceptors (Lipinski definition) is 3. The third-order valence-electron chi connectivity index (χ3n) is 3.86. The second-order valence-electron chi connectivity index (χ2n) is 5.27. The monoisotopic (exact) mass is 225 g/mol. The molecule has 0 aromatic heterocycles. The van der Waals surface area contributed by atoms with Crippen molar-refractivity contribution in [1.29, 1.82) is 0 Å². The zero-order chi connectivity index (χ0) is 11.7. The zero-order valence-electron chi connectivity index (χ0n) is 10.4. The van der Waals surface area contributed by atoms with Gasteiger partial charge >= 0.3 is 0 Å². The number of fused-ring (bicyclic) bond motifs is 1. The van der Waals surface area contributed by atoms with Crippen LogP contribution in [0.3, 0.4) is 0 Å². The summed E-state index contributed by atoms with van der Waals surface area (Å²) in [4.78, 5) is 16.5. The van der Waals surface area contributed by atoms with Crippen LogP contribution in [0.2, 0.25) is 0 Å². The molecular weight excluding hydrogens is 202 g/mol. The van der Waals surface area contributed by atoms with Gasteiger partial charge in [0.15, 0.2) is 0 Å². The molecule has 4 heteroatoms. The molecule has 0 bridgehead atoms. The molecule has 92 valence electrons. The van der Waals surface area contributed by atoms with Gasteiger partial charge in [-0.15, -0.1) is 0 Å². The molecule has 2 unspecified atom stereocenters. The summed E-state index contributed by atoms with van der Waals surface area (Å²) in [6.45, 7) is 7.01. The number of nitrogens with zero attached hydrogens (tertiary/aromatic N) is 2. The summed E-state index contributed by atoms with van der Waals surface area (Å²) in [5.41, 5.74) is 5.69. The summed E-state index contributed by atoms with van der Waals surface area (Å²) in [5, 5.41) is 0. The van der Waals surface area contributed by atoms with E-state index in [4.69, 9.17) is 5.73 Å². The third-order valence-corrected chi connectivity index (χ3v) is 3.86. The Morgan fingerprint density at radius 3 is 2.81 bits per heavy atom. The summed E-state index contributed by atoms with van der Waals surface area (Å²) >= 11 is 0. The highest BCUT2D eigenvalue weighted by Gasteiger charge is 2.35. The fraction of sp³-hybridized carbons (Fsp3) is 0.917. The molecule has 0 aromatic rings. The molecule has 2 aliphatic heterocycles. The minimum absolute atomic E-state index is 0.109. The number of piperidine rings is 1. The van der Waals surface area contributed by atoms with Crippen molar-refractivity contribution < 1.29 is 4.79 Å². The van der Waals surface area contributed by atoms with Crippen LogP contribution in [-0.4, -0.2) is 53.5 Å². The van der Waals surface area contributed by atoms with Crippen molar-refractivity contribution in [3.63, 3.8) is 0 Å². The molecule has 2 N–H and O–H groups in total. The van der Waals surface area contributed by atoms with E-state index in [0.717, 1.165) is 13.1 Å². The van der Waals surface area contributed by atoms with Crippen LogP contribution in [0.5, 0.6) is 0 Å². The van der Waals surface area contributed by atoms with Gasteiger partial charge in [0.25, 0.3) is 0 Å². The van der Waals surface area contributed by atoms with Crippen LogP contribution in [0.25, 0.3) is 0 Å². The smallest absolute Gasteiger partial charge is 0.239 e. The van der Waals surface area contributed by atoms with E-state index >= 15 is 0 Å². The average Bonchev–Trinajstić information content (AvgIpc) is 2.27. The van der Waals surface area contributed by atoms with Crippen molar-refractivity contribution in [2.24, 2.45) is 5.73 Å². The second-order valence-corrected chi connectivity index (χ2v) is 5.27. The van der Waals surface area contributed by atoms with E-state index in [9.17, 15) is 4.79 Å². The number of hydrogen-bond donors (Lipinski definition) is 1. The van der Waals surface area contributed by atoms with Gasteiger partial charge in [-0.2, -0.15) is 0 Å². The lowest BCUT2D eigenvalue weighted by Gasteiger charge is -2.47. The van der Waals surface area contributed by atoms with Crippen LogP contribution >= 0.6 is 0 Å². The van der Waals surface area contributed by atoms with Gasteiger partial charge in [0.05, 0.1) is 6.04 Å². The number of amides is 1. The van der Waals surface area contributed by atoms with E-state index in [0.29, 0.717) is 12.1 Å². The Bertz CT molecular complexity index is 267. The molecule has 2 rings (SSSR count). The molecule has 4 nitrogen and oxygen atoms in total. The van der Waals surface area contributed by atoms with Gasteiger partial charge < -0.3 is 10.6 Å². The Morgan fingerprint density at radius 1 is 1.38 bits per heavy atom. The van der Waals surface area contributed by atoms with Crippen LogP contribution in [-0.2, 0) is 4.79 Å². The number of rotatable bonds is 1. The van der Waals surface area contributed by atoms with Crippen LogP contribution in [0.15, 0.2) is 0 Å². The molecule has 0 aromatic carbocycles. The van der Waals surface area contributed by atoms with Crippen LogP contribution in [0, 0.1) is 0 Å². The number of piperazine rings is 1. The first-order valence-corrected chi connectivity index (χ1v) is 6.39. The van der Waals surface area contributed by atoms with Crippen LogP contribution in [0.1, 0.15) is 33.1 Å². The predicted octanol–water partition coefficient (Wildman–Crippen LogP) is 0.419. The van der Waals surface area contributed by atoms with Crippen molar-refractivity contribution in [1.82, 2.24) is 9.80 Å². The lowest BCUT2D eigenvalue weighted by atomic mass is 9.97. The van der Waals surface area contributed by atoms with E-state index in [-0.39, 0.29) is 11.9 Å². The molecule has 0 radical (unpaired) electrons. The standard InChI is InChI=1S/C12H23N3O/c1-9-7-14-6-4-3-5-11(14)8-15(9)12(16)10(2)13/h9-11H,3-8,13H2,1-2H3/t9?,10-,11?/m1/s1. The summed E-state index contributed by atoms with van der Waals surface area (Å²) in [5.74, 6) is 0.109. The number of carbonyl (C=O) groups excluding carboxylic acids is 1. The van der Waals surface area contributed by atoms with E-state index in [2.05, 4.69) is 11.8 Å². The van der Waals surface area contributed by atoms with Gasteiger partial charge in [0.1, 0.15) is 0 Å². The zero-order valence-corrected chi connectivity index (χ0v) is 10.4. The van der Waals surface area contributed by atoms with Crippen molar-refractivity contribution in [3.8, 4) is 0 Å². The highest BCUT2D eigenvalue weighted by Crippen LogP contribution is 2.24. The maximum atomic E-state index is 12.0. The molecule has 2 heterocycles. The molecule has 2 aliphatic rings. The molecule has 2 fully saturated rings. The quantitative estimate of drug-likeness (QED) is 0.703. The van der Waals surface area contributed by atoms with E-state index in [1.807, 2.05) is 4.90 Å². The summed E-state index contributed by atoms with van der Waals surface area (Å²) < 4.78 is 0. The molecule has 3 atom stereocenters. The molecule has 16 heavy (non-hydrogen) atoms. The largest absolute Gasteiger partial charge is 0.336 e. The van der Waals surface area contributed by atoms with E-state index in [1.54, 1.807) is 6.92 Å². The Balaban J connectivity index is 2.03. The fourth-order valence-corrected chi connectivity index (χ4v) is 2.92. The van der Waals surface area contributed by atoms with Gasteiger partial charge in [-0.1, -0.05) is 6.42 Å². The molecule has 1 amide bonds. The summed E-state index contributed by atoms with van der Waals surface area (Å²) in [6, 6.07) is 0.526. The Morgan fingerprint density at radius 2 is 2.12 bits per heavy atom. The van der Waals surface area contributed by atoms with Gasteiger partial charge in [-0.25, -0.2) is 0 Å². The lowest BCUT2D eigenvalue weighted by molar-refractivity contribution is -0.139. The normalized spacial score (nSPS) is 33.3. The topological polar surface area (TPSA) is 49.6 Å². The Hall–Kier alpha value is -0.610. The minimum Gasteiger partial charge on any atom is -0.336 e. The number of nitrogens with two attached hydrogens (primary N) is 1. The lowest BCUT2D eigenvalue weighted by Crippen LogP contribution is -2.62. The maximum Gasteiger partial charge on any atom is 0.239 e. The number of carbonyl (C=O) groups is 1. The molecular formula is C12H23N3O. The molecule has 0 spiro atoms. The van der Waals surface area contributed by atoms with Crippen molar-refractivity contribution in [3.05, 3.63) is 0 Å². The van der Waals surface area contributed by atoms with Crippen LogP contribution < -0.4 is 5.73 Å². The summed E-state index contributed by atoms with van der Waals surface area (Å²) in [6.07, 6.45) is 3.84. The first-order valence-electron chi connectivity index (χ1n) is 6.39. The van der Waals surface area contributed by atoms with E-state index < -0.39 is 0 Å². The van der Waals surface area contributed by atoms with Gasteiger partial charge in [-0.05, 0) is 33.2 Å². The van der Waals surface area contributed by atoms with E-state index in [1.165, 1.54) is 25.8 Å². The van der Waals surface area contributed by atoms with Crippen molar-refractivity contribution in [2.75, 3.05) is 19.6 Å². The highest BCUT2D eigenvalue weighted by molar-refractivity contribution is 5.81. The third kappa shape index (κ3) is 2.23. The molecule has 2 saturated heterocycles. The first-order chi connectivity index (χ1) is 7.59. The van der Waals surface area contributed by atoms with Gasteiger partial charge in [0, 0.05) is 25.2 Å². The second kappa shape index (κ2) is 4.72. The first kappa shape index (κ1) is 11.9. The fourth-order valence-electron chi connectivity index (χ4n) is 2.92. The van der Waals surface area contributed by atoms with Crippen molar-refractivity contribution in [2.45, 2.75) is 51.2 Å². The Kier molecular flexibility index (Phi) is 3.50. The average molecular weight is 225 g/mol. The SMILES string of the molecule is CC1CN2CCCCC2CN1C(=O)[C@@H](C)N. The van der Waals surface area contributed by atoms with Crippen LogP contribution in [0.4, 0.5) is 0 Å². The predicted molar refractivity (Wildman–Crippen MR) is 64.0 cm³/mol.